The second kappa shape index (κ2) is 24.3. The number of hydrogen-bond donors (Lipinski definition) is 1. The lowest BCUT2D eigenvalue weighted by Gasteiger charge is -2.15. The number of aliphatic hydroxyl groups excluding tert-OH is 1. The third kappa shape index (κ3) is 21.9. The zero-order valence-electron chi connectivity index (χ0n) is 21.0. The predicted octanol–water partition coefficient (Wildman–Crippen LogP) is 7.05. The maximum Gasteiger partial charge on any atom is 0.306 e. The molecule has 0 aliphatic carbocycles. The van der Waals surface area contributed by atoms with Crippen LogP contribution in [0.2, 0.25) is 0 Å². The summed E-state index contributed by atoms with van der Waals surface area (Å²) in [6.07, 6.45) is 22.7. The van der Waals surface area contributed by atoms with Crippen LogP contribution in [-0.4, -0.2) is 36.4 Å². The van der Waals surface area contributed by atoms with Gasteiger partial charge in [-0.1, -0.05) is 96.6 Å². The van der Waals surface area contributed by atoms with Crippen LogP contribution in [0.3, 0.4) is 0 Å². The van der Waals surface area contributed by atoms with Gasteiger partial charge in [-0.05, 0) is 32.1 Å². The van der Waals surface area contributed by atoms with Crippen LogP contribution in [0.15, 0.2) is 12.2 Å². The molecule has 0 aromatic carbocycles. The van der Waals surface area contributed by atoms with Crippen molar-refractivity contribution in [1.29, 1.82) is 0 Å². The van der Waals surface area contributed by atoms with E-state index in [2.05, 4.69) is 26.0 Å². The van der Waals surface area contributed by atoms with Gasteiger partial charge in [-0.25, -0.2) is 0 Å². The fraction of sp³-hybridized carbons (Fsp3) is 0.852. The Bertz CT molecular complexity index is 461. The van der Waals surface area contributed by atoms with Crippen molar-refractivity contribution in [2.75, 3.05) is 13.2 Å². The largest absolute Gasteiger partial charge is 0.462 e. The normalized spacial score (nSPS) is 12.2. The van der Waals surface area contributed by atoms with Gasteiger partial charge in [-0.2, -0.15) is 0 Å². The minimum atomic E-state index is -0.764. The van der Waals surface area contributed by atoms with Gasteiger partial charge in [0.05, 0.1) is 6.61 Å². The summed E-state index contributed by atoms with van der Waals surface area (Å²) < 4.78 is 10.4. The standard InChI is InChI=1S/C27H50O5/c1-3-5-7-9-11-12-13-14-16-18-20-22-27(30)32-25(23-28)24-31-26(29)21-19-17-15-10-8-6-4-2/h9,11,25,28H,3-8,10,12-24H2,1-2H3/b11-9-/t25-/m0/s1. The highest BCUT2D eigenvalue weighted by molar-refractivity contribution is 5.70. The van der Waals surface area contributed by atoms with Crippen LogP contribution in [0.4, 0.5) is 0 Å². The molecule has 1 N–H and O–H groups in total. The van der Waals surface area contributed by atoms with Crippen LogP contribution in [-0.2, 0) is 19.1 Å². The molecular formula is C27H50O5. The average Bonchev–Trinajstić information content (AvgIpc) is 2.79. The quantitative estimate of drug-likeness (QED) is 0.102. The highest BCUT2D eigenvalue weighted by Gasteiger charge is 2.16. The lowest BCUT2D eigenvalue weighted by Crippen LogP contribution is -2.28. The van der Waals surface area contributed by atoms with Crippen LogP contribution >= 0.6 is 0 Å². The summed E-state index contributed by atoms with van der Waals surface area (Å²) in [5.41, 5.74) is 0. The summed E-state index contributed by atoms with van der Waals surface area (Å²) in [5.74, 6) is -0.612. The molecule has 0 aliphatic rings. The molecule has 0 spiro atoms. The Hall–Kier alpha value is -1.36. The van der Waals surface area contributed by atoms with Gasteiger partial charge in [0.2, 0.25) is 0 Å². The number of carbonyl (C=O) groups is 2. The Kier molecular flexibility index (Phi) is 23.3. The molecule has 0 saturated heterocycles. The van der Waals surface area contributed by atoms with Crippen molar-refractivity contribution in [3.63, 3.8) is 0 Å². The van der Waals surface area contributed by atoms with E-state index in [1.807, 2.05) is 0 Å². The lowest BCUT2D eigenvalue weighted by molar-refractivity contribution is -0.161. The Balaban J connectivity index is 3.65. The monoisotopic (exact) mass is 454 g/mol. The molecule has 0 aromatic rings. The molecule has 0 rings (SSSR count). The molecule has 0 fully saturated rings. The third-order valence-corrected chi connectivity index (χ3v) is 5.56. The van der Waals surface area contributed by atoms with E-state index in [9.17, 15) is 14.7 Å². The van der Waals surface area contributed by atoms with Crippen molar-refractivity contribution in [3.8, 4) is 0 Å². The minimum absolute atomic E-state index is 0.0661. The zero-order valence-corrected chi connectivity index (χ0v) is 21.0. The highest BCUT2D eigenvalue weighted by Crippen LogP contribution is 2.11. The minimum Gasteiger partial charge on any atom is -0.462 e. The molecule has 5 heteroatoms. The first-order chi connectivity index (χ1) is 15.6. The topological polar surface area (TPSA) is 72.8 Å². The number of esters is 2. The van der Waals surface area contributed by atoms with Gasteiger partial charge in [0.1, 0.15) is 6.61 Å². The van der Waals surface area contributed by atoms with Crippen molar-refractivity contribution < 1.29 is 24.2 Å². The average molecular weight is 455 g/mol. The summed E-state index contributed by atoms with van der Waals surface area (Å²) in [6.45, 7) is 4.01. The first-order valence-electron chi connectivity index (χ1n) is 13.2. The van der Waals surface area contributed by atoms with Gasteiger partial charge in [0, 0.05) is 12.8 Å². The Labute approximate surface area is 197 Å². The molecule has 0 aliphatic heterocycles. The van der Waals surface area contributed by atoms with Crippen molar-refractivity contribution in [2.24, 2.45) is 0 Å². The number of ether oxygens (including phenoxy) is 2. The zero-order chi connectivity index (χ0) is 23.7. The van der Waals surface area contributed by atoms with E-state index in [-0.39, 0.29) is 25.2 Å². The van der Waals surface area contributed by atoms with Crippen LogP contribution in [0.1, 0.15) is 129 Å². The molecule has 5 nitrogen and oxygen atoms in total. The van der Waals surface area contributed by atoms with Crippen molar-refractivity contribution in [2.45, 2.75) is 136 Å². The molecular weight excluding hydrogens is 404 g/mol. The molecule has 0 bridgehead atoms. The lowest BCUT2D eigenvalue weighted by atomic mass is 10.1. The van der Waals surface area contributed by atoms with E-state index in [0.717, 1.165) is 44.9 Å². The van der Waals surface area contributed by atoms with Gasteiger partial charge in [-0.15, -0.1) is 0 Å². The number of hydrogen-bond acceptors (Lipinski definition) is 5. The van der Waals surface area contributed by atoms with Crippen LogP contribution in [0.5, 0.6) is 0 Å². The van der Waals surface area contributed by atoms with E-state index in [4.69, 9.17) is 9.47 Å². The summed E-state index contributed by atoms with van der Waals surface area (Å²) in [5, 5.41) is 9.39. The first-order valence-corrected chi connectivity index (χ1v) is 13.2. The van der Waals surface area contributed by atoms with Crippen molar-refractivity contribution in [1.82, 2.24) is 0 Å². The van der Waals surface area contributed by atoms with E-state index < -0.39 is 6.10 Å². The highest BCUT2D eigenvalue weighted by atomic mass is 16.6. The Morgan fingerprint density at radius 1 is 0.688 bits per heavy atom. The summed E-state index contributed by atoms with van der Waals surface area (Å²) in [7, 11) is 0. The van der Waals surface area contributed by atoms with E-state index in [0.29, 0.717) is 12.8 Å². The number of carbonyl (C=O) groups excluding carboxylic acids is 2. The number of allylic oxidation sites excluding steroid dienone is 2. The molecule has 0 aromatic heterocycles. The summed E-state index contributed by atoms with van der Waals surface area (Å²) in [6, 6.07) is 0. The molecule has 188 valence electrons. The van der Waals surface area contributed by atoms with Gasteiger partial charge in [0.25, 0.3) is 0 Å². The molecule has 0 unspecified atom stereocenters. The SMILES string of the molecule is CCCC/C=C\CCCCCCCC(=O)O[C@@H](CO)COC(=O)CCCCCCCCC. The first kappa shape index (κ1) is 30.6. The van der Waals surface area contributed by atoms with Gasteiger partial charge >= 0.3 is 11.9 Å². The smallest absolute Gasteiger partial charge is 0.306 e. The molecule has 32 heavy (non-hydrogen) atoms. The maximum atomic E-state index is 12.0. The second-order valence-electron chi connectivity index (χ2n) is 8.77. The van der Waals surface area contributed by atoms with E-state index >= 15 is 0 Å². The fourth-order valence-corrected chi connectivity index (χ4v) is 3.47. The Morgan fingerprint density at radius 3 is 1.78 bits per heavy atom. The predicted molar refractivity (Wildman–Crippen MR) is 132 cm³/mol. The summed E-state index contributed by atoms with van der Waals surface area (Å²) >= 11 is 0. The van der Waals surface area contributed by atoms with E-state index in [1.165, 1.54) is 57.8 Å². The molecule has 0 saturated carbocycles. The number of unbranched alkanes of at least 4 members (excludes halogenated alkanes) is 13. The van der Waals surface area contributed by atoms with E-state index in [1.54, 1.807) is 0 Å². The second-order valence-corrected chi connectivity index (χ2v) is 8.77. The molecule has 1 atom stereocenters. The van der Waals surface area contributed by atoms with Crippen molar-refractivity contribution in [3.05, 3.63) is 12.2 Å². The van der Waals surface area contributed by atoms with Gasteiger partial charge in [-0.3, -0.25) is 9.59 Å². The van der Waals surface area contributed by atoms with Crippen LogP contribution in [0.25, 0.3) is 0 Å². The van der Waals surface area contributed by atoms with Gasteiger partial charge in [0.15, 0.2) is 6.10 Å². The molecule has 0 amide bonds. The van der Waals surface area contributed by atoms with Crippen LogP contribution < -0.4 is 0 Å². The molecule has 0 radical (unpaired) electrons. The third-order valence-electron chi connectivity index (χ3n) is 5.56. The van der Waals surface area contributed by atoms with Crippen LogP contribution in [0, 0.1) is 0 Å². The Morgan fingerprint density at radius 2 is 1.19 bits per heavy atom. The number of rotatable bonds is 23. The van der Waals surface area contributed by atoms with Crippen molar-refractivity contribution >= 4 is 11.9 Å². The maximum absolute atomic E-state index is 12.0. The van der Waals surface area contributed by atoms with Gasteiger partial charge < -0.3 is 14.6 Å². The summed E-state index contributed by atoms with van der Waals surface area (Å²) in [4.78, 5) is 23.8. The fourth-order valence-electron chi connectivity index (χ4n) is 3.47. The molecule has 0 heterocycles. The number of aliphatic hydroxyl groups is 1.